The van der Waals surface area contributed by atoms with Gasteiger partial charge in [-0.1, -0.05) is 52.5 Å². The number of aromatic nitrogens is 2. The molecule has 0 saturated heterocycles. The summed E-state index contributed by atoms with van der Waals surface area (Å²) in [5.74, 6) is -1.33. The summed E-state index contributed by atoms with van der Waals surface area (Å²) >= 11 is 7.80. The van der Waals surface area contributed by atoms with Gasteiger partial charge in [0.1, 0.15) is 0 Å². The van der Waals surface area contributed by atoms with Crippen LogP contribution in [0.25, 0.3) is 0 Å². The molecule has 0 radical (unpaired) electrons. The normalized spacial score (nSPS) is 11.2. The molecule has 6 nitrogen and oxygen atoms in total. The number of aromatic amines is 2. The second-order valence-electron chi connectivity index (χ2n) is 4.41. The first-order valence-corrected chi connectivity index (χ1v) is 8.07. The Morgan fingerprint density at radius 3 is 1.86 bits per heavy atom. The van der Waals surface area contributed by atoms with Gasteiger partial charge in [-0.15, -0.1) is 0 Å². The molecule has 114 valence electrons. The number of thiazole rings is 2. The van der Waals surface area contributed by atoms with Gasteiger partial charge in [0.2, 0.25) is 11.8 Å². The minimum absolute atomic E-state index is 0.281. The molecular formula is C13H9ClN2O4S2. The maximum absolute atomic E-state index is 11.5. The molecule has 0 spiro atoms. The van der Waals surface area contributed by atoms with E-state index in [4.69, 9.17) is 11.6 Å². The maximum atomic E-state index is 11.5. The Labute approximate surface area is 136 Å². The highest BCUT2D eigenvalue weighted by atomic mass is 35.5. The second kappa shape index (κ2) is 5.64. The summed E-state index contributed by atoms with van der Waals surface area (Å²) in [4.78, 5) is 27.2. The van der Waals surface area contributed by atoms with Crippen molar-refractivity contribution in [2.24, 2.45) is 0 Å². The van der Waals surface area contributed by atoms with E-state index in [0.29, 0.717) is 10.6 Å². The zero-order valence-electron chi connectivity index (χ0n) is 10.8. The van der Waals surface area contributed by atoms with Crippen molar-refractivity contribution in [3.63, 3.8) is 0 Å². The maximum Gasteiger partial charge on any atom is 0.307 e. The highest BCUT2D eigenvalue weighted by Gasteiger charge is 2.29. The van der Waals surface area contributed by atoms with E-state index >= 15 is 0 Å². The van der Waals surface area contributed by atoms with E-state index in [2.05, 4.69) is 9.97 Å². The van der Waals surface area contributed by atoms with E-state index < -0.39 is 15.7 Å². The fourth-order valence-corrected chi connectivity index (χ4v) is 4.20. The number of benzene rings is 1. The molecule has 0 atom stereocenters. The zero-order chi connectivity index (χ0) is 15.9. The molecule has 0 aliphatic carbocycles. The third-order valence-corrected chi connectivity index (χ3v) is 5.27. The van der Waals surface area contributed by atoms with Crippen molar-refractivity contribution in [2.45, 2.75) is 5.92 Å². The van der Waals surface area contributed by atoms with Crippen LogP contribution in [0.1, 0.15) is 21.2 Å². The van der Waals surface area contributed by atoms with Gasteiger partial charge in [0.05, 0.1) is 15.7 Å². The molecule has 0 bridgehead atoms. The van der Waals surface area contributed by atoms with Crippen LogP contribution in [0.5, 0.6) is 11.8 Å². The standard InChI is InChI=1S/C13H9ClN2O4S2/c14-6-4-2-1-3-5(6)7(8-10(17)15-12(19)21-8)9-11(18)16-13(20)22-9/h1-4,7,17-18H,(H,15,19)(H,16,20). The fraction of sp³-hybridized carbons (Fsp3) is 0.0769. The number of hydrogen-bond donors (Lipinski definition) is 4. The second-order valence-corrected chi connectivity index (χ2v) is 6.85. The summed E-state index contributed by atoms with van der Waals surface area (Å²) < 4.78 is 0. The molecule has 0 fully saturated rings. The number of hydrogen-bond acceptors (Lipinski definition) is 6. The van der Waals surface area contributed by atoms with Crippen molar-refractivity contribution in [1.82, 2.24) is 9.97 Å². The first-order valence-electron chi connectivity index (χ1n) is 6.05. The quantitative estimate of drug-likeness (QED) is 0.578. The van der Waals surface area contributed by atoms with Crippen LogP contribution in [-0.4, -0.2) is 20.2 Å². The Balaban J connectivity index is 2.30. The van der Waals surface area contributed by atoms with Crippen LogP contribution in [0, 0.1) is 0 Å². The fourth-order valence-electron chi connectivity index (χ4n) is 2.17. The number of halogens is 1. The number of aromatic hydroxyl groups is 2. The predicted octanol–water partition coefficient (Wildman–Crippen LogP) is 2.43. The summed E-state index contributed by atoms with van der Waals surface area (Å²) in [5.41, 5.74) is 0.570. The Morgan fingerprint density at radius 1 is 0.955 bits per heavy atom. The molecule has 4 N–H and O–H groups in total. The molecule has 0 saturated carbocycles. The lowest BCUT2D eigenvalue weighted by Gasteiger charge is -2.15. The summed E-state index contributed by atoms with van der Waals surface area (Å²) in [6.07, 6.45) is 0. The first kappa shape index (κ1) is 14.9. The van der Waals surface area contributed by atoms with E-state index in [9.17, 15) is 19.8 Å². The van der Waals surface area contributed by atoms with Crippen LogP contribution in [0.2, 0.25) is 5.02 Å². The average molecular weight is 357 g/mol. The van der Waals surface area contributed by atoms with Crippen molar-refractivity contribution in [2.75, 3.05) is 0 Å². The number of nitrogens with one attached hydrogen (secondary N) is 2. The van der Waals surface area contributed by atoms with Gasteiger partial charge in [-0.25, -0.2) is 0 Å². The lowest BCUT2D eigenvalue weighted by Crippen LogP contribution is -2.01. The third kappa shape index (κ3) is 2.56. The van der Waals surface area contributed by atoms with Gasteiger partial charge in [-0.2, -0.15) is 0 Å². The van der Waals surface area contributed by atoms with Gasteiger partial charge in [0, 0.05) is 5.02 Å². The highest BCUT2D eigenvalue weighted by molar-refractivity contribution is 7.11. The predicted molar refractivity (Wildman–Crippen MR) is 85.6 cm³/mol. The van der Waals surface area contributed by atoms with Crippen molar-refractivity contribution in [3.05, 3.63) is 63.9 Å². The van der Waals surface area contributed by atoms with E-state index in [1.165, 1.54) is 0 Å². The lowest BCUT2D eigenvalue weighted by molar-refractivity contribution is 0.442. The SMILES string of the molecule is O=c1[nH]c(O)c(C(c2ccccc2Cl)c2sc(=O)[nH]c2O)s1. The summed E-state index contributed by atoms with van der Waals surface area (Å²) in [7, 11) is 0. The zero-order valence-corrected chi connectivity index (χ0v) is 13.2. The lowest BCUT2D eigenvalue weighted by atomic mass is 9.96. The molecule has 1 aromatic carbocycles. The molecule has 9 heteroatoms. The Hall–Kier alpha value is -2.03. The molecule has 2 aromatic heterocycles. The molecule has 0 amide bonds. The highest BCUT2D eigenvalue weighted by Crippen LogP contribution is 2.43. The minimum Gasteiger partial charge on any atom is -0.494 e. The van der Waals surface area contributed by atoms with Gasteiger partial charge in [-0.3, -0.25) is 19.6 Å². The van der Waals surface area contributed by atoms with Gasteiger partial charge < -0.3 is 10.2 Å². The van der Waals surface area contributed by atoms with E-state index in [0.717, 1.165) is 22.7 Å². The van der Waals surface area contributed by atoms with E-state index in [1.54, 1.807) is 24.3 Å². The molecule has 22 heavy (non-hydrogen) atoms. The van der Waals surface area contributed by atoms with Crippen LogP contribution in [0.4, 0.5) is 0 Å². The van der Waals surface area contributed by atoms with Crippen molar-refractivity contribution >= 4 is 34.3 Å². The van der Waals surface area contributed by atoms with Crippen molar-refractivity contribution < 1.29 is 10.2 Å². The largest absolute Gasteiger partial charge is 0.494 e. The molecule has 0 unspecified atom stereocenters. The molecule has 3 aromatic rings. The Bertz CT molecular complexity index is 886. The topological polar surface area (TPSA) is 106 Å². The van der Waals surface area contributed by atoms with E-state index in [-0.39, 0.29) is 21.5 Å². The smallest absolute Gasteiger partial charge is 0.307 e. The van der Waals surface area contributed by atoms with Crippen LogP contribution < -0.4 is 9.75 Å². The minimum atomic E-state index is -0.721. The first-order chi connectivity index (χ1) is 10.5. The molecule has 3 rings (SSSR count). The van der Waals surface area contributed by atoms with Crippen LogP contribution in [-0.2, 0) is 0 Å². The van der Waals surface area contributed by atoms with Gasteiger partial charge in [-0.05, 0) is 11.6 Å². The Kier molecular flexibility index (Phi) is 3.81. The van der Waals surface area contributed by atoms with Crippen LogP contribution in [0.15, 0.2) is 33.9 Å². The molecule has 2 heterocycles. The summed E-state index contributed by atoms with van der Waals surface area (Å²) in [6, 6.07) is 6.85. The summed E-state index contributed by atoms with van der Waals surface area (Å²) in [5, 5.41) is 20.3. The Morgan fingerprint density at radius 2 is 1.45 bits per heavy atom. The van der Waals surface area contributed by atoms with E-state index in [1.807, 2.05) is 0 Å². The molecule has 0 aliphatic heterocycles. The van der Waals surface area contributed by atoms with Crippen LogP contribution >= 0.6 is 34.3 Å². The van der Waals surface area contributed by atoms with Gasteiger partial charge >= 0.3 is 9.75 Å². The van der Waals surface area contributed by atoms with Gasteiger partial charge in [0.15, 0.2) is 0 Å². The van der Waals surface area contributed by atoms with Crippen molar-refractivity contribution in [1.29, 1.82) is 0 Å². The van der Waals surface area contributed by atoms with Crippen LogP contribution in [0.3, 0.4) is 0 Å². The van der Waals surface area contributed by atoms with Gasteiger partial charge in [0.25, 0.3) is 0 Å². The van der Waals surface area contributed by atoms with Crippen molar-refractivity contribution in [3.8, 4) is 11.8 Å². The third-order valence-electron chi connectivity index (χ3n) is 3.05. The number of rotatable bonds is 3. The summed E-state index contributed by atoms with van der Waals surface area (Å²) in [6.45, 7) is 0. The number of H-pyrrole nitrogens is 2. The molecular weight excluding hydrogens is 348 g/mol. The monoisotopic (exact) mass is 356 g/mol. The molecule has 0 aliphatic rings. The average Bonchev–Trinajstić information content (AvgIpc) is 2.95.